The minimum Gasteiger partial charge on any atom is -0.378 e. The maximum atomic E-state index is 12.6. The first-order chi connectivity index (χ1) is 14.8. The Kier molecular flexibility index (Phi) is 6.10. The quantitative estimate of drug-likeness (QED) is 0.643. The minimum atomic E-state index is -0.216. The highest BCUT2D eigenvalue weighted by molar-refractivity contribution is 6.06. The van der Waals surface area contributed by atoms with Gasteiger partial charge in [-0.25, -0.2) is 4.68 Å². The van der Waals surface area contributed by atoms with Gasteiger partial charge in [0.1, 0.15) is 0 Å². The molecular weight excluding hydrogens is 378 g/mol. The number of morpholine rings is 1. The Labute approximate surface area is 174 Å². The van der Waals surface area contributed by atoms with E-state index in [1.165, 1.54) is 12.3 Å². The summed E-state index contributed by atoms with van der Waals surface area (Å²) in [5.74, 6) is 0. The molecule has 1 fully saturated rings. The van der Waals surface area contributed by atoms with E-state index in [4.69, 9.17) is 10.1 Å². The second-order valence-corrected chi connectivity index (χ2v) is 6.86. The third-order valence-corrected chi connectivity index (χ3v) is 4.88. The van der Waals surface area contributed by atoms with Gasteiger partial charge in [-0.15, -0.1) is 0 Å². The molecule has 1 N–H and O–H groups in total. The SMILES string of the molecule is N=CCC(=Nc1ccccc1)c1nn(-c2ccccc2N2CCOCC2)ccc1=O. The van der Waals surface area contributed by atoms with Gasteiger partial charge in [0.15, 0.2) is 5.69 Å². The summed E-state index contributed by atoms with van der Waals surface area (Å²) in [7, 11) is 0. The zero-order valence-corrected chi connectivity index (χ0v) is 16.6. The van der Waals surface area contributed by atoms with Crippen molar-refractivity contribution < 1.29 is 4.74 Å². The van der Waals surface area contributed by atoms with Crippen molar-refractivity contribution in [1.29, 1.82) is 5.41 Å². The van der Waals surface area contributed by atoms with Crippen molar-refractivity contribution in [2.24, 2.45) is 4.99 Å². The highest BCUT2D eigenvalue weighted by Crippen LogP contribution is 2.24. The van der Waals surface area contributed by atoms with Crippen LogP contribution in [0.2, 0.25) is 0 Å². The molecule has 0 aliphatic carbocycles. The van der Waals surface area contributed by atoms with Gasteiger partial charge in [-0.1, -0.05) is 30.3 Å². The minimum absolute atomic E-state index is 0.216. The molecule has 0 atom stereocenters. The largest absolute Gasteiger partial charge is 0.378 e. The third kappa shape index (κ3) is 4.36. The zero-order valence-electron chi connectivity index (χ0n) is 16.6. The molecule has 0 unspecified atom stereocenters. The normalized spacial score (nSPS) is 14.5. The Hall–Kier alpha value is -3.58. The molecule has 3 aromatic rings. The second kappa shape index (κ2) is 9.28. The maximum Gasteiger partial charge on any atom is 0.209 e. The molecule has 7 heteroatoms. The Morgan fingerprint density at radius 1 is 1.03 bits per heavy atom. The first-order valence-corrected chi connectivity index (χ1v) is 9.90. The van der Waals surface area contributed by atoms with E-state index in [1.807, 2.05) is 48.5 Å². The molecule has 1 aliphatic heterocycles. The molecule has 2 aromatic carbocycles. The summed E-state index contributed by atoms with van der Waals surface area (Å²) in [4.78, 5) is 19.5. The van der Waals surface area contributed by atoms with Crippen LogP contribution in [0.3, 0.4) is 0 Å². The predicted octanol–water partition coefficient (Wildman–Crippen LogP) is 3.23. The molecule has 2 heterocycles. The van der Waals surface area contributed by atoms with E-state index in [0.717, 1.165) is 30.2 Å². The molecule has 0 bridgehead atoms. The Morgan fingerprint density at radius 3 is 2.47 bits per heavy atom. The average molecular weight is 401 g/mol. The number of hydrogen-bond acceptors (Lipinski definition) is 6. The number of ether oxygens (including phenoxy) is 1. The highest BCUT2D eigenvalue weighted by atomic mass is 16.5. The number of aromatic nitrogens is 2. The fourth-order valence-electron chi connectivity index (χ4n) is 3.42. The molecule has 0 spiro atoms. The maximum absolute atomic E-state index is 12.6. The van der Waals surface area contributed by atoms with E-state index >= 15 is 0 Å². The van der Waals surface area contributed by atoms with E-state index in [2.05, 4.69) is 21.1 Å². The van der Waals surface area contributed by atoms with E-state index < -0.39 is 0 Å². The van der Waals surface area contributed by atoms with Crippen LogP contribution in [0, 0.1) is 5.41 Å². The van der Waals surface area contributed by atoms with Crippen LogP contribution in [0.15, 0.2) is 76.6 Å². The number of anilines is 1. The summed E-state index contributed by atoms with van der Waals surface area (Å²) in [6, 6.07) is 18.9. The molecule has 0 amide bonds. The van der Waals surface area contributed by atoms with Crippen LogP contribution in [0.25, 0.3) is 5.69 Å². The number of rotatable bonds is 6. The fourth-order valence-corrected chi connectivity index (χ4v) is 3.42. The van der Waals surface area contributed by atoms with Gasteiger partial charge in [-0.3, -0.25) is 9.79 Å². The standard InChI is InChI=1S/C23H23N5O2/c24-12-10-19(25-18-6-2-1-3-7-18)23-22(29)11-13-28(26-23)21-9-5-4-8-20(21)27-14-16-30-17-15-27/h1-9,11-13,24H,10,14-17H2. The highest BCUT2D eigenvalue weighted by Gasteiger charge is 2.17. The van der Waals surface area contributed by atoms with Gasteiger partial charge in [0.25, 0.3) is 0 Å². The molecule has 152 valence electrons. The van der Waals surface area contributed by atoms with E-state index in [9.17, 15) is 4.79 Å². The predicted molar refractivity (Wildman–Crippen MR) is 119 cm³/mol. The number of nitrogens with zero attached hydrogens (tertiary/aromatic N) is 4. The molecule has 0 radical (unpaired) electrons. The third-order valence-electron chi connectivity index (χ3n) is 4.88. The van der Waals surface area contributed by atoms with Gasteiger partial charge >= 0.3 is 0 Å². The fraction of sp³-hybridized carbons (Fsp3) is 0.217. The molecule has 7 nitrogen and oxygen atoms in total. The van der Waals surface area contributed by atoms with Crippen LogP contribution in [0.5, 0.6) is 0 Å². The van der Waals surface area contributed by atoms with Gasteiger partial charge < -0.3 is 15.0 Å². The molecule has 1 aromatic heterocycles. The summed E-state index contributed by atoms with van der Waals surface area (Å²) in [5, 5.41) is 12.2. The molecular formula is C23H23N5O2. The molecule has 1 saturated heterocycles. The first-order valence-electron chi connectivity index (χ1n) is 9.90. The lowest BCUT2D eigenvalue weighted by Crippen LogP contribution is -2.37. The van der Waals surface area contributed by atoms with Crippen molar-refractivity contribution in [3.8, 4) is 5.69 Å². The lowest BCUT2D eigenvalue weighted by atomic mass is 10.2. The number of hydrogen-bond donors (Lipinski definition) is 1. The smallest absolute Gasteiger partial charge is 0.209 e. The van der Waals surface area contributed by atoms with Crippen molar-refractivity contribution in [1.82, 2.24) is 9.78 Å². The van der Waals surface area contributed by atoms with Crippen molar-refractivity contribution in [3.63, 3.8) is 0 Å². The topological polar surface area (TPSA) is 83.6 Å². The van der Waals surface area contributed by atoms with Gasteiger partial charge in [0.05, 0.1) is 36.0 Å². The first kappa shape index (κ1) is 19.7. The van der Waals surface area contributed by atoms with Crippen LogP contribution < -0.4 is 10.3 Å². The number of benzene rings is 2. The van der Waals surface area contributed by atoms with Crippen molar-refractivity contribution >= 4 is 23.3 Å². The van der Waals surface area contributed by atoms with Gasteiger partial charge in [-0.2, -0.15) is 5.10 Å². The van der Waals surface area contributed by atoms with Crippen molar-refractivity contribution in [3.05, 3.63) is 82.8 Å². The molecule has 30 heavy (non-hydrogen) atoms. The number of para-hydroxylation sites is 3. The van der Waals surface area contributed by atoms with Crippen LogP contribution in [0.1, 0.15) is 12.1 Å². The second-order valence-electron chi connectivity index (χ2n) is 6.86. The van der Waals surface area contributed by atoms with Crippen LogP contribution >= 0.6 is 0 Å². The van der Waals surface area contributed by atoms with E-state index in [-0.39, 0.29) is 17.5 Å². The van der Waals surface area contributed by atoms with Gasteiger partial charge in [0, 0.05) is 38.0 Å². The molecule has 1 aliphatic rings. The number of aliphatic imine (C=N–C) groups is 1. The lowest BCUT2D eigenvalue weighted by molar-refractivity contribution is 0.122. The average Bonchev–Trinajstić information content (AvgIpc) is 2.80. The summed E-state index contributed by atoms with van der Waals surface area (Å²) in [5.41, 5.74) is 3.15. The molecule has 4 rings (SSSR count). The summed E-state index contributed by atoms with van der Waals surface area (Å²) in [6.45, 7) is 2.98. The lowest BCUT2D eigenvalue weighted by Gasteiger charge is -2.30. The van der Waals surface area contributed by atoms with Gasteiger partial charge in [0.2, 0.25) is 5.43 Å². The Balaban J connectivity index is 1.78. The summed E-state index contributed by atoms with van der Waals surface area (Å²) in [6.07, 6.45) is 3.14. The van der Waals surface area contributed by atoms with Crippen molar-refractivity contribution in [2.45, 2.75) is 6.42 Å². The van der Waals surface area contributed by atoms with Crippen LogP contribution in [0.4, 0.5) is 11.4 Å². The summed E-state index contributed by atoms with van der Waals surface area (Å²) >= 11 is 0. The summed E-state index contributed by atoms with van der Waals surface area (Å²) < 4.78 is 7.19. The molecule has 0 saturated carbocycles. The van der Waals surface area contributed by atoms with Gasteiger partial charge in [-0.05, 0) is 24.3 Å². The zero-order chi connectivity index (χ0) is 20.8. The number of nitrogens with one attached hydrogen (secondary N) is 1. The van der Waals surface area contributed by atoms with Crippen LogP contribution in [-0.4, -0.2) is 48.0 Å². The van der Waals surface area contributed by atoms with E-state index in [0.29, 0.717) is 18.9 Å². The Bertz CT molecular complexity index is 1100. The monoisotopic (exact) mass is 401 g/mol. The Morgan fingerprint density at radius 2 is 1.73 bits per heavy atom. The van der Waals surface area contributed by atoms with Crippen LogP contribution in [-0.2, 0) is 4.74 Å². The van der Waals surface area contributed by atoms with Crippen molar-refractivity contribution in [2.75, 3.05) is 31.2 Å². The van der Waals surface area contributed by atoms with E-state index in [1.54, 1.807) is 10.9 Å².